The topological polar surface area (TPSA) is 147 Å². The van der Waals surface area contributed by atoms with Gasteiger partial charge < -0.3 is 35.6 Å². The highest BCUT2D eigenvalue weighted by Crippen LogP contribution is 2.33. The van der Waals surface area contributed by atoms with Crippen molar-refractivity contribution in [2.45, 2.75) is 82.0 Å². The second kappa shape index (κ2) is 19.8. The van der Waals surface area contributed by atoms with Gasteiger partial charge in [-0.25, -0.2) is 4.79 Å². The number of hydrogen-bond donors (Lipinski definition) is 5. The SMILES string of the molecule is C=S(=C)([O-])C(CNC(=O)CCCCC1SC[C@H]2NC(=O)N[C@H]12)C(=O)NCCC(=O)N1Cc2ccccc2C#Cc2ccccc21.CC[NH+](CC)CC. The Morgan fingerprint density at radius 3 is 2.35 bits per heavy atom. The first-order valence-electron chi connectivity index (χ1n) is 18.2. The van der Waals surface area contributed by atoms with Gasteiger partial charge in [-0.2, -0.15) is 11.8 Å². The Labute approximate surface area is 313 Å². The summed E-state index contributed by atoms with van der Waals surface area (Å²) in [5.74, 6) is 13.4. The van der Waals surface area contributed by atoms with Crippen molar-refractivity contribution in [1.82, 2.24) is 21.3 Å². The normalized spacial score (nSPS) is 19.1. The summed E-state index contributed by atoms with van der Waals surface area (Å²) in [6.45, 7) is 10.7. The standard InChI is InChI=1S/C33H38N5O5S2.C6H15N/c1-45(2,43)28(19-35-29(39)14-8-7-13-27-31-25(21-44-27)36-33(42)37-31)32(41)34-18-17-30(40)38-20-24-11-4-3-9-22(24)15-16-23-10-5-6-12-26(23)38;1-4-7(5-2)6-3/h3-6,9-12,25,27-28,31H,1-2,7-8,13-14,17-21H2,(H4-,34,35,36,37,39,41,42,43);4-6H2,1-3H3/q-1;/p+1/t25-,27?,28?,31+;/m1./s1. The highest BCUT2D eigenvalue weighted by atomic mass is 32.2. The average molecular weight is 751 g/mol. The lowest BCUT2D eigenvalue weighted by atomic mass is 10.0. The van der Waals surface area contributed by atoms with E-state index in [0.29, 0.717) is 23.9 Å². The van der Waals surface area contributed by atoms with Gasteiger partial charge in [-0.3, -0.25) is 23.9 Å². The first-order valence-corrected chi connectivity index (χ1v) is 21.2. The predicted molar refractivity (Wildman–Crippen MR) is 214 cm³/mol. The molecule has 5 N–H and O–H groups in total. The second-order valence-corrected chi connectivity index (χ2v) is 16.9. The van der Waals surface area contributed by atoms with Gasteiger partial charge in [0.15, 0.2) is 0 Å². The van der Waals surface area contributed by atoms with Crippen molar-refractivity contribution in [3.8, 4) is 11.8 Å². The predicted octanol–water partition coefficient (Wildman–Crippen LogP) is 2.38. The maximum Gasteiger partial charge on any atom is 0.315 e. The largest absolute Gasteiger partial charge is 0.806 e. The Kier molecular flexibility index (Phi) is 15.5. The number of amides is 5. The molecule has 2 unspecified atom stereocenters. The van der Waals surface area contributed by atoms with Crippen molar-refractivity contribution < 1.29 is 28.6 Å². The number of unbranched alkanes of at least 4 members (excludes halogenated alkanes) is 1. The van der Waals surface area contributed by atoms with Gasteiger partial charge in [-0.1, -0.05) is 60.3 Å². The van der Waals surface area contributed by atoms with Crippen LogP contribution in [-0.2, 0) is 20.9 Å². The van der Waals surface area contributed by atoms with E-state index in [1.54, 1.807) is 9.80 Å². The van der Waals surface area contributed by atoms with E-state index in [1.165, 1.54) is 19.6 Å². The van der Waals surface area contributed by atoms with E-state index in [-0.39, 0.29) is 55.9 Å². The highest BCUT2D eigenvalue weighted by molar-refractivity contribution is 8.24. The van der Waals surface area contributed by atoms with Crippen molar-refractivity contribution in [1.29, 1.82) is 0 Å². The fraction of sp³-hybridized carbons (Fsp3) is 0.487. The molecular formula is C39H54N6O5S2. The summed E-state index contributed by atoms with van der Waals surface area (Å²) in [5.41, 5.74) is 3.21. The van der Waals surface area contributed by atoms with Crippen LogP contribution >= 0.6 is 21.2 Å². The number of anilines is 1. The summed E-state index contributed by atoms with van der Waals surface area (Å²) in [7, 11) is -3.09. The molecule has 0 aromatic heterocycles. The summed E-state index contributed by atoms with van der Waals surface area (Å²) in [5, 5.41) is 10.5. The summed E-state index contributed by atoms with van der Waals surface area (Å²) in [4.78, 5) is 53.9. The molecule has 4 atom stereocenters. The summed E-state index contributed by atoms with van der Waals surface area (Å²) < 4.78 is 12.8. The zero-order chi connectivity index (χ0) is 37.7. The third-order valence-electron chi connectivity index (χ3n) is 9.69. The van der Waals surface area contributed by atoms with Crippen molar-refractivity contribution in [3.63, 3.8) is 0 Å². The summed E-state index contributed by atoms with van der Waals surface area (Å²) >= 11 is 1.83. The second-order valence-electron chi connectivity index (χ2n) is 13.3. The van der Waals surface area contributed by atoms with Gasteiger partial charge in [0, 0.05) is 48.1 Å². The molecule has 3 aliphatic rings. The van der Waals surface area contributed by atoms with E-state index < -0.39 is 20.6 Å². The Morgan fingerprint density at radius 2 is 1.65 bits per heavy atom. The fourth-order valence-corrected chi connectivity index (χ4v) is 8.91. The lowest BCUT2D eigenvalue weighted by molar-refractivity contribution is -0.894. The molecule has 5 rings (SSSR count). The molecule has 2 aromatic rings. The van der Waals surface area contributed by atoms with Gasteiger partial charge in [0.05, 0.1) is 49.2 Å². The number of fused-ring (bicyclic) bond motifs is 3. The van der Waals surface area contributed by atoms with E-state index in [9.17, 15) is 23.7 Å². The number of hydrogen-bond acceptors (Lipinski definition) is 6. The van der Waals surface area contributed by atoms with Crippen LogP contribution in [-0.4, -0.2) is 101 Å². The van der Waals surface area contributed by atoms with Crippen molar-refractivity contribution in [2.75, 3.05) is 43.4 Å². The van der Waals surface area contributed by atoms with Gasteiger partial charge >= 0.3 is 6.03 Å². The number of benzene rings is 2. The molecule has 5 amide bonds. The molecule has 2 aromatic carbocycles. The Hall–Kier alpha value is -3.96. The third-order valence-corrected chi connectivity index (χ3v) is 12.6. The number of rotatable bonds is 15. The number of thioether (sulfide) groups is 1. The molecule has 52 heavy (non-hydrogen) atoms. The quantitative estimate of drug-likeness (QED) is 0.0819. The Bertz CT molecular complexity index is 1730. The molecule has 2 saturated heterocycles. The van der Waals surface area contributed by atoms with E-state index in [0.717, 1.165) is 35.3 Å². The minimum absolute atomic E-state index is 0.00481. The molecule has 282 valence electrons. The lowest BCUT2D eigenvalue weighted by Crippen LogP contribution is -3.11. The maximum atomic E-state index is 13.4. The maximum absolute atomic E-state index is 13.4. The first kappa shape index (κ1) is 40.8. The number of carbonyl (C=O) groups excluding carboxylic acids is 4. The number of urea groups is 1. The number of para-hydroxylation sites is 1. The molecule has 3 aliphatic heterocycles. The van der Waals surface area contributed by atoms with Crippen LogP contribution in [0.2, 0.25) is 0 Å². The van der Waals surface area contributed by atoms with Crippen LogP contribution in [0.5, 0.6) is 0 Å². The molecule has 0 spiro atoms. The smallest absolute Gasteiger partial charge is 0.315 e. The van der Waals surface area contributed by atoms with Gasteiger partial charge in [0.2, 0.25) is 17.7 Å². The van der Waals surface area contributed by atoms with Crippen LogP contribution in [0.15, 0.2) is 48.5 Å². The summed E-state index contributed by atoms with van der Waals surface area (Å²) in [6, 6.07) is 15.3. The van der Waals surface area contributed by atoms with Gasteiger partial charge in [0.25, 0.3) is 0 Å². The van der Waals surface area contributed by atoms with Gasteiger partial charge in [-0.15, -0.1) is 0 Å². The van der Waals surface area contributed by atoms with Crippen LogP contribution < -0.4 is 31.1 Å². The number of nitrogens with zero attached hydrogens (tertiary/aromatic N) is 1. The van der Waals surface area contributed by atoms with Crippen molar-refractivity contribution in [2.24, 2.45) is 0 Å². The van der Waals surface area contributed by atoms with E-state index >= 15 is 0 Å². The molecule has 2 fully saturated rings. The molecule has 0 bridgehead atoms. The minimum atomic E-state index is -3.09. The molecule has 3 heterocycles. The third kappa shape index (κ3) is 11.5. The van der Waals surface area contributed by atoms with Crippen LogP contribution in [0, 0.1) is 11.8 Å². The Morgan fingerprint density at radius 1 is 0.981 bits per heavy atom. The van der Waals surface area contributed by atoms with Gasteiger partial charge in [-0.05, 0) is 57.4 Å². The van der Waals surface area contributed by atoms with Crippen LogP contribution in [0.4, 0.5) is 10.5 Å². The minimum Gasteiger partial charge on any atom is -0.806 e. The highest BCUT2D eigenvalue weighted by Gasteiger charge is 2.42. The lowest BCUT2D eigenvalue weighted by Gasteiger charge is -2.30. The van der Waals surface area contributed by atoms with Crippen molar-refractivity contribution >= 4 is 62.4 Å². The zero-order valence-corrected chi connectivity index (χ0v) is 32.3. The molecule has 13 heteroatoms. The molecule has 0 radical (unpaired) electrons. The first-order chi connectivity index (χ1) is 24.9. The van der Waals surface area contributed by atoms with E-state index in [1.807, 2.05) is 60.3 Å². The van der Waals surface area contributed by atoms with Crippen LogP contribution in [0.1, 0.15) is 69.6 Å². The summed E-state index contributed by atoms with van der Waals surface area (Å²) in [6.07, 6.45) is 2.63. The number of nitrogens with one attached hydrogen (secondary N) is 5. The van der Waals surface area contributed by atoms with Crippen LogP contribution in [0.25, 0.3) is 0 Å². The van der Waals surface area contributed by atoms with Gasteiger partial charge in [0.1, 0.15) is 0 Å². The number of quaternary nitrogens is 1. The molecule has 0 saturated carbocycles. The molecule has 11 nitrogen and oxygen atoms in total. The van der Waals surface area contributed by atoms with E-state index in [4.69, 9.17) is 0 Å². The molecular weight excluding hydrogens is 697 g/mol. The Balaban J connectivity index is 0.000000785. The zero-order valence-electron chi connectivity index (χ0n) is 30.6. The monoisotopic (exact) mass is 750 g/mol. The van der Waals surface area contributed by atoms with Crippen LogP contribution in [0.3, 0.4) is 0 Å². The number of carbonyl (C=O) groups is 4. The van der Waals surface area contributed by atoms with Crippen molar-refractivity contribution in [3.05, 3.63) is 65.2 Å². The fourth-order valence-electron chi connectivity index (χ4n) is 6.51. The average Bonchev–Trinajstić information content (AvgIpc) is 3.67. The molecule has 0 aliphatic carbocycles. The van der Waals surface area contributed by atoms with E-state index in [2.05, 4.69) is 65.6 Å².